The molecule has 3 nitrogen and oxygen atoms in total. The molecule has 2 aliphatic rings. The van der Waals surface area contributed by atoms with Gasteiger partial charge in [-0.25, -0.2) is 0 Å². The summed E-state index contributed by atoms with van der Waals surface area (Å²) in [5, 5.41) is 3.56. The maximum absolute atomic E-state index is 12.6. The third-order valence-electron chi connectivity index (χ3n) is 4.56. The lowest BCUT2D eigenvalue weighted by Crippen LogP contribution is -2.34. The first-order valence-corrected chi connectivity index (χ1v) is 8.38. The minimum Gasteiger partial charge on any atom is -0.377 e. The van der Waals surface area contributed by atoms with Crippen molar-refractivity contribution >= 4 is 0 Å². The Morgan fingerprint density at radius 3 is 2.67 bits per heavy atom. The molecular weight excluding hydrogens is 317 g/mol. The SMILES string of the molecule is FC(F)(F)c1ccc(CN2CCC(NCC3=CCCOC3)C2)cc1. The summed E-state index contributed by atoms with van der Waals surface area (Å²) in [6, 6.07) is 5.91. The predicted molar refractivity (Wildman–Crippen MR) is 86.6 cm³/mol. The van der Waals surface area contributed by atoms with Crippen molar-refractivity contribution in [3.05, 3.63) is 47.0 Å². The van der Waals surface area contributed by atoms with Crippen molar-refractivity contribution < 1.29 is 17.9 Å². The van der Waals surface area contributed by atoms with E-state index in [0.29, 0.717) is 12.6 Å². The van der Waals surface area contributed by atoms with Gasteiger partial charge in [0.05, 0.1) is 18.8 Å². The van der Waals surface area contributed by atoms with Crippen molar-refractivity contribution in [2.45, 2.75) is 31.6 Å². The summed E-state index contributed by atoms with van der Waals surface area (Å²) in [7, 11) is 0. The molecule has 132 valence electrons. The van der Waals surface area contributed by atoms with E-state index in [1.165, 1.54) is 5.57 Å². The Hall–Kier alpha value is -1.37. The highest BCUT2D eigenvalue weighted by Gasteiger charge is 2.30. The van der Waals surface area contributed by atoms with Crippen LogP contribution >= 0.6 is 0 Å². The highest BCUT2D eigenvalue weighted by Crippen LogP contribution is 2.29. The number of halogens is 3. The number of nitrogens with one attached hydrogen (secondary N) is 1. The zero-order valence-corrected chi connectivity index (χ0v) is 13.6. The van der Waals surface area contributed by atoms with E-state index < -0.39 is 11.7 Å². The lowest BCUT2D eigenvalue weighted by molar-refractivity contribution is -0.137. The molecule has 1 aromatic carbocycles. The number of alkyl halides is 3. The second-order valence-electron chi connectivity index (χ2n) is 6.50. The summed E-state index contributed by atoms with van der Waals surface area (Å²) in [6.07, 6.45) is 0.0284. The molecule has 2 heterocycles. The van der Waals surface area contributed by atoms with Crippen LogP contribution in [0, 0.1) is 0 Å². The van der Waals surface area contributed by atoms with Crippen LogP contribution in [-0.4, -0.2) is 43.8 Å². The van der Waals surface area contributed by atoms with Gasteiger partial charge in [0.25, 0.3) is 0 Å². The van der Waals surface area contributed by atoms with E-state index in [1.807, 2.05) is 0 Å². The highest BCUT2D eigenvalue weighted by atomic mass is 19.4. The summed E-state index contributed by atoms with van der Waals surface area (Å²) < 4.78 is 43.2. The molecule has 24 heavy (non-hydrogen) atoms. The second-order valence-corrected chi connectivity index (χ2v) is 6.50. The molecule has 1 saturated heterocycles. The van der Waals surface area contributed by atoms with Gasteiger partial charge in [0.1, 0.15) is 0 Å². The summed E-state index contributed by atoms with van der Waals surface area (Å²) >= 11 is 0. The zero-order chi connectivity index (χ0) is 17.0. The molecule has 0 saturated carbocycles. The third kappa shape index (κ3) is 4.82. The van der Waals surface area contributed by atoms with Crippen molar-refractivity contribution in [3.63, 3.8) is 0 Å². The van der Waals surface area contributed by atoms with E-state index in [0.717, 1.165) is 63.4 Å². The molecule has 0 amide bonds. The van der Waals surface area contributed by atoms with E-state index in [9.17, 15) is 13.2 Å². The van der Waals surface area contributed by atoms with Crippen LogP contribution in [0.15, 0.2) is 35.9 Å². The van der Waals surface area contributed by atoms with E-state index in [4.69, 9.17) is 4.74 Å². The van der Waals surface area contributed by atoms with Gasteiger partial charge < -0.3 is 10.1 Å². The van der Waals surface area contributed by atoms with Crippen LogP contribution in [0.2, 0.25) is 0 Å². The van der Waals surface area contributed by atoms with E-state index >= 15 is 0 Å². The minimum atomic E-state index is -4.27. The maximum atomic E-state index is 12.6. The quantitative estimate of drug-likeness (QED) is 0.833. The molecule has 1 aromatic rings. The number of benzene rings is 1. The van der Waals surface area contributed by atoms with Crippen LogP contribution in [-0.2, 0) is 17.5 Å². The van der Waals surface area contributed by atoms with Crippen molar-refractivity contribution in [2.75, 3.05) is 32.8 Å². The number of nitrogens with zero attached hydrogens (tertiary/aromatic N) is 1. The molecule has 1 unspecified atom stereocenters. The van der Waals surface area contributed by atoms with Crippen LogP contribution < -0.4 is 5.32 Å². The fourth-order valence-electron chi connectivity index (χ4n) is 3.21. The molecule has 3 rings (SSSR count). The smallest absolute Gasteiger partial charge is 0.377 e. The Labute approximate surface area is 140 Å². The van der Waals surface area contributed by atoms with Gasteiger partial charge >= 0.3 is 6.18 Å². The largest absolute Gasteiger partial charge is 0.416 e. The average Bonchev–Trinajstić information content (AvgIpc) is 3.01. The number of likely N-dealkylation sites (tertiary alicyclic amines) is 1. The first kappa shape index (κ1) is 17.5. The van der Waals surface area contributed by atoms with Crippen molar-refractivity contribution in [2.24, 2.45) is 0 Å². The van der Waals surface area contributed by atoms with Crippen molar-refractivity contribution in [3.8, 4) is 0 Å². The predicted octanol–water partition coefficient (Wildman–Crippen LogP) is 3.22. The first-order chi connectivity index (χ1) is 11.5. The van der Waals surface area contributed by atoms with Crippen molar-refractivity contribution in [1.82, 2.24) is 10.2 Å². The van der Waals surface area contributed by atoms with Gasteiger partial charge in [-0.1, -0.05) is 18.2 Å². The molecular formula is C18H23F3N2O. The number of rotatable bonds is 5. The van der Waals surface area contributed by atoms with Crippen LogP contribution in [0.3, 0.4) is 0 Å². The highest BCUT2D eigenvalue weighted by molar-refractivity contribution is 5.24. The molecule has 0 radical (unpaired) electrons. The molecule has 1 fully saturated rings. The molecule has 2 aliphatic heterocycles. The molecule has 0 spiro atoms. The summed E-state index contributed by atoms with van der Waals surface area (Å²) in [6.45, 7) is 4.98. The fourth-order valence-corrected chi connectivity index (χ4v) is 3.21. The topological polar surface area (TPSA) is 24.5 Å². The van der Waals surface area contributed by atoms with Gasteiger partial charge in [0.2, 0.25) is 0 Å². The summed E-state index contributed by atoms with van der Waals surface area (Å²) in [5.74, 6) is 0. The van der Waals surface area contributed by atoms with Gasteiger partial charge in [-0.2, -0.15) is 13.2 Å². The fraction of sp³-hybridized carbons (Fsp3) is 0.556. The molecule has 0 aliphatic carbocycles. The van der Waals surface area contributed by atoms with E-state index in [2.05, 4.69) is 16.3 Å². The molecule has 0 aromatic heterocycles. The molecule has 1 atom stereocenters. The second kappa shape index (κ2) is 7.68. The Kier molecular flexibility index (Phi) is 5.58. The Bertz CT molecular complexity index is 569. The van der Waals surface area contributed by atoms with Crippen LogP contribution in [0.1, 0.15) is 24.0 Å². The Balaban J connectivity index is 1.45. The normalized spacial score (nSPS) is 22.6. The lowest BCUT2D eigenvalue weighted by atomic mass is 10.1. The maximum Gasteiger partial charge on any atom is 0.416 e. The van der Waals surface area contributed by atoms with Gasteiger partial charge in [0, 0.05) is 32.2 Å². The van der Waals surface area contributed by atoms with Gasteiger partial charge in [-0.05, 0) is 36.1 Å². The monoisotopic (exact) mass is 340 g/mol. The summed E-state index contributed by atoms with van der Waals surface area (Å²) in [5.41, 5.74) is 1.64. The Morgan fingerprint density at radius 2 is 2.00 bits per heavy atom. The lowest BCUT2D eigenvalue weighted by Gasteiger charge is -2.19. The van der Waals surface area contributed by atoms with Crippen LogP contribution in [0.25, 0.3) is 0 Å². The van der Waals surface area contributed by atoms with Crippen LogP contribution in [0.4, 0.5) is 13.2 Å². The first-order valence-electron chi connectivity index (χ1n) is 8.38. The number of hydrogen-bond acceptors (Lipinski definition) is 3. The molecule has 1 N–H and O–H groups in total. The number of ether oxygens (including phenoxy) is 1. The van der Waals surface area contributed by atoms with Crippen LogP contribution in [0.5, 0.6) is 0 Å². The molecule has 0 bridgehead atoms. The number of hydrogen-bond donors (Lipinski definition) is 1. The molecule has 6 heteroatoms. The average molecular weight is 340 g/mol. The third-order valence-corrected chi connectivity index (χ3v) is 4.56. The van der Waals surface area contributed by atoms with E-state index in [-0.39, 0.29) is 0 Å². The van der Waals surface area contributed by atoms with Gasteiger partial charge in [-0.3, -0.25) is 4.90 Å². The van der Waals surface area contributed by atoms with Gasteiger partial charge in [-0.15, -0.1) is 0 Å². The van der Waals surface area contributed by atoms with E-state index in [1.54, 1.807) is 12.1 Å². The standard InChI is InChI=1S/C18H23F3N2O/c19-18(20,21)16-5-3-14(4-6-16)11-23-8-7-17(12-23)22-10-15-2-1-9-24-13-15/h2-6,17,22H,1,7-13H2. The Morgan fingerprint density at radius 1 is 1.21 bits per heavy atom. The summed E-state index contributed by atoms with van der Waals surface area (Å²) in [4.78, 5) is 2.28. The zero-order valence-electron chi connectivity index (χ0n) is 13.6. The van der Waals surface area contributed by atoms with Gasteiger partial charge in [0.15, 0.2) is 0 Å². The van der Waals surface area contributed by atoms with Crippen molar-refractivity contribution in [1.29, 1.82) is 0 Å². The minimum absolute atomic E-state index is 0.433.